The van der Waals surface area contributed by atoms with Crippen LogP contribution in [0, 0.1) is 0 Å². The third-order valence-electron chi connectivity index (χ3n) is 2.10. The summed E-state index contributed by atoms with van der Waals surface area (Å²) in [6.07, 6.45) is -0.309. The van der Waals surface area contributed by atoms with Gasteiger partial charge in [-0.15, -0.1) is 0 Å². The Morgan fingerprint density at radius 1 is 1.85 bits per heavy atom. The molecule has 0 spiro atoms. The van der Waals surface area contributed by atoms with Crippen molar-refractivity contribution in [3.05, 3.63) is 0 Å². The fraction of sp³-hybridized carbons (Fsp3) is 0.875. The van der Waals surface area contributed by atoms with Crippen molar-refractivity contribution in [3.63, 3.8) is 0 Å². The summed E-state index contributed by atoms with van der Waals surface area (Å²) < 4.78 is 12.7. The van der Waals surface area contributed by atoms with Crippen LogP contribution in [-0.4, -0.2) is 37.3 Å². The number of halogens is 1. The second-order valence-corrected chi connectivity index (χ2v) is 3.47. The lowest BCUT2D eigenvalue weighted by atomic mass is 10.2. The number of carbonyl (C=O) groups is 1. The Morgan fingerprint density at radius 3 is 3.00 bits per heavy atom. The van der Waals surface area contributed by atoms with Gasteiger partial charge in [-0.05, 0) is 13.3 Å². The zero-order valence-electron chi connectivity index (χ0n) is 7.72. The fourth-order valence-electron chi connectivity index (χ4n) is 1.31. The topological polar surface area (TPSA) is 67.2 Å². The lowest BCUT2D eigenvalue weighted by molar-refractivity contribution is -0.122. The molecular weight excluding hydrogens is 173 g/mol. The highest BCUT2D eigenvalue weighted by molar-refractivity contribution is 5.80. The van der Waals surface area contributed by atoms with Gasteiger partial charge in [0.05, 0.1) is 6.04 Å². The Kier molecular flexibility index (Phi) is 3.62. The molecule has 1 fully saturated rings. The van der Waals surface area contributed by atoms with Gasteiger partial charge in [0, 0.05) is 19.1 Å². The van der Waals surface area contributed by atoms with Gasteiger partial charge in [0.2, 0.25) is 5.91 Å². The molecule has 13 heavy (non-hydrogen) atoms. The van der Waals surface area contributed by atoms with Gasteiger partial charge in [-0.25, -0.2) is 4.39 Å². The predicted octanol–water partition coefficient (Wildman–Crippen LogP) is -0.850. The summed E-state index contributed by atoms with van der Waals surface area (Å²) in [6.45, 7) is 2.47. The summed E-state index contributed by atoms with van der Waals surface area (Å²) in [6, 6.07) is -0.444. The molecule has 0 aromatic rings. The van der Waals surface area contributed by atoms with Crippen LogP contribution in [0.25, 0.3) is 0 Å². The Labute approximate surface area is 77.1 Å². The first-order valence-electron chi connectivity index (χ1n) is 4.50. The lowest BCUT2D eigenvalue weighted by Crippen LogP contribution is -2.43. The quantitative estimate of drug-likeness (QED) is 0.542. The van der Waals surface area contributed by atoms with Gasteiger partial charge in [-0.2, -0.15) is 0 Å². The number of nitrogens with two attached hydrogens (primary N) is 1. The van der Waals surface area contributed by atoms with Gasteiger partial charge in [0.1, 0.15) is 6.17 Å². The molecule has 1 rings (SSSR count). The molecule has 1 heterocycles. The average molecular weight is 189 g/mol. The fourth-order valence-corrected chi connectivity index (χ4v) is 1.31. The predicted molar refractivity (Wildman–Crippen MR) is 48.0 cm³/mol. The molecule has 0 aromatic heterocycles. The van der Waals surface area contributed by atoms with E-state index in [9.17, 15) is 9.18 Å². The van der Waals surface area contributed by atoms with Gasteiger partial charge >= 0.3 is 0 Å². The molecule has 0 aromatic carbocycles. The Balaban J connectivity index is 2.16. The molecule has 1 aliphatic heterocycles. The highest BCUT2D eigenvalue weighted by Crippen LogP contribution is 2.08. The molecule has 1 amide bonds. The summed E-state index contributed by atoms with van der Waals surface area (Å²) in [5, 5.41) is 5.62. The van der Waals surface area contributed by atoms with E-state index in [4.69, 9.17) is 5.73 Å². The number of carbonyl (C=O) groups excluding carboxylic acids is 1. The molecule has 76 valence electrons. The summed E-state index contributed by atoms with van der Waals surface area (Å²) in [5.74, 6) is -0.191. The summed E-state index contributed by atoms with van der Waals surface area (Å²) in [5.41, 5.74) is 5.34. The molecule has 3 atom stereocenters. The molecule has 1 unspecified atom stereocenters. The lowest BCUT2D eigenvalue weighted by Gasteiger charge is -2.12. The van der Waals surface area contributed by atoms with Crippen molar-refractivity contribution >= 4 is 5.91 Å². The van der Waals surface area contributed by atoms with E-state index in [-0.39, 0.29) is 11.9 Å². The van der Waals surface area contributed by atoms with Crippen molar-refractivity contribution in [1.29, 1.82) is 0 Å². The number of nitrogens with one attached hydrogen (secondary N) is 2. The second kappa shape index (κ2) is 4.53. The van der Waals surface area contributed by atoms with Crippen LogP contribution in [0.5, 0.6) is 0 Å². The maximum absolute atomic E-state index is 12.7. The van der Waals surface area contributed by atoms with Crippen molar-refractivity contribution in [2.45, 2.75) is 31.6 Å². The van der Waals surface area contributed by atoms with E-state index in [1.54, 1.807) is 6.92 Å². The van der Waals surface area contributed by atoms with E-state index in [0.717, 1.165) is 0 Å². The molecule has 1 saturated heterocycles. The maximum atomic E-state index is 12.7. The molecule has 4 nitrogen and oxygen atoms in total. The van der Waals surface area contributed by atoms with Crippen LogP contribution in [0.1, 0.15) is 13.3 Å². The number of rotatable bonds is 3. The molecule has 0 saturated carbocycles. The Bertz CT molecular complexity index is 186. The minimum absolute atomic E-state index is 0.0534. The summed E-state index contributed by atoms with van der Waals surface area (Å²) in [7, 11) is 0. The summed E-state index contributed by atoms with van der Waals surface area (Å²) in [4.78, 5) is 11.0. The van der Waals surface area contributed by atoms with Crippen LogP contribution in [0.2, 0.25) is 0 Å². The number of hydrogen-bond acceptors (Lipinski definition) is 3. The first kappa shape index (κ1) is 10.4. The maximum Gasteiger partial charge on any atom is 0.236 e. The van der Waals surface area contributed by atoms with Gasteiger partial charge in [0.25, 0.3) is 0 Å². The van der Waals surface area contributed by atoms with Crippen molar-refractivity contribution in [1.82, 2.24) is 10.6 Å². The monoisotopic (exact) mass is 189 g/mol. The normalized spacial score (nSPS) is 30.1. The molecule has 0 aliphatic carbocycles. The van der Waals surface area contributed by atoms with Crippen molar-refractivity contribution in [3.8, 4) is 0 Å². The van der Waals surface area contributed by atoms with Crippen molar-refractivity contribution in [2.75, 3.05) is 13.1 Å². The van der Waals surface area contributed by atoms with E-state index in [2.05, 4.69) is 10.6 Å². The number of alkyl halides is 1. The largest absolute Gasteiger partial charge is 0.353 e. The van der Waals surface area contributed by atoms with Gasteiger partial charge in [-0.3, -0.25) is 4.79 Å². The van der Waals surface area contributed by atoms with Crippen LogP contribution in [0.3, 0.4) is 0 Å². The first-order valence-corrected chi connectivity index (χ1v) is 4.50. The van der Waals surface area contributed by atoms with Gasteiger partial charge in [0.15, 0.2) is 0 Å². The van der Waals surface area contributed by atoms with Crippen molar-refractivity contribution < 1.29 is 9.18 Å². The van der Waals surface area contributed by atoms with Crippen LogP contribution in [-0.2, 0) is 4.79 Å². The number of amides is 1. The van der Waals surface area contributed by atoms with E-state index < -0.39 is 12.2 Å². The first-order chi connectivity index (χ1) is 6.09. The highest BCUT2D eigenvalue weighted by Gasteiger charge is 2.23. The Morgan fingerprint density at radius 2 is 2.54 bits per heavy atom. The molecule has 4 N–H and O–H groups in total. The van der Waals surface area contributed by atoms with Gasteiger partial charge in [-0.1, -0.05) is 0 Å². The molecule has 5 heteroatoms. The highest BCUT2D eigenvalue weighted by atomic mass is 19.1. The van der Waals surface area contributed by atoms with Crippen molar-refractivity contribution in [2.24, 2.45) is 5.73 Å². The second-order valence-electron chi connectivity index (χ2n) is 3.47. The zero-order chi connectivity index (χ0) is 9.84. The van der Waals surface area contributed by atoms with Crippen LogP contribution in [0.4, 0.5) is 4.39 Å². The van der Waals surface area contributed by atoms with E-state index in [0.29, 0.717) is 19.5 Å². The smallest absolute Gasteiger partial charge is 0.236 e. The molecule has 0 bridgehead atoms. The summed E-state index contributed by atoms with van der Waals surface area (Å²) >= 11 is 0. The van der Waals surface area contributed by atoms with E-state index >= 15 is 0 Å². The minimum atomic E-state index is -0.780. The third-order valence-corrected chi connectivity index (χ3v) is 2.10. The zero-order valence-corrected chi connectivity index (χ0v) is 7.72. The van der Waals surface area contributed by atoms with Crippen LogP contribution in [0.15, 0.2) is 0 Å². The van der Waals surface area contributed by atoms with Crippen LogP contribution >= 0.6 is 0 Å². The number of hydrogen-bond donors (Lipinski definition) is 3. The molecule has 0 radical (unpaired) electrons. The Hall–Kier alpha value is -0.680. The average Bonchev–Trinajstić information content (AvgIpc) is 2.47. The third kappa shape index (κ3) is 3.28. The molecular formula is C8H16FN3O. The standard InChI is InChI=1S/C8H16FN3O/c1-5(10)8(13)12-4-7-2-6(9)3-11-7/h5-7,11H,2-4,10H2,1H3,(H,12,13)/t5?,6-,7-/m0/s1. The molecule has 1 aliphatic rings. The minimum Gasteiger partial charge on any atom is -0.353 e. The SMILES string of the molecule is CC(N)C(=O)NC[C@@H]1C[C@H](F)CN1. The van der Waals surface area contributed by atoms with E-state index in [1.165, 1.54) is 0 Å². The van der Waals surface area contributed by atoms with E-state index in [1.807, 2.05) is 0 Å². The van der Waals surface area contributed by atoms with Gasteiger partial charge < -0.3 is 16.4 Å². The van der Waals surface area contributed by atoms with Crippen LogP contribution < -0.4 is 16.4 Å².